The van der Waals surface area contributed by atoms with Gasteiger partial charge in [-0.25, -0.2) is 9.88 Å². The molecule has 2 heterocycles. The smallest absolute Gasteiger partial charge is 0.260 e. The molecule has 0 spiro atoms. The molecule has 1 amide bonds. The maximum atomic E-state index is 13.7. The number of amides is 1. The number of aromatic nitrogens is 2. The van der Waals surface area contributed by atoms with Crippen LogP contribution < -0.4 is 4.90 Å². The molecule has 2 aromatic carbocycles. The Kier molecular flexibility index (Phi) is 4.81. The quantitative estimate of drug-likeness (QED) is 0.449. The van der Waals surface area contributed by atoms with Gasteiger partial charge in [-0.15, -0.1) is 0 Å². The number of fused-ring (bicyclic) bond motifs is 1. The van der Waals surface area contributed by atoms with Crippen molar-refractivity contribution in [2.45, 2.75) is 32.7 Å². The first kappa shape index (κ1) is 19.5. The Labute approximate surface area is 182 Å². The average molecular weight is 479 g/mol. The zero-order valence-electron chi connectivity index (χ0n) is 15.6. The monoisotopic (exact) mass is 477 g/mol. The lowest BCUT2D eigenvalue weighted by Gasteiger charge is -2.26. The molecule has 1 aliphatic rings. The largest absolute Gasteiger partial charge is 0.299 e. The van der Waals surface area contributed by atoms with Crippen molar-refractivity contribution in [1.29, 1.82) is 0 Å². The standard InChI is InChI=1S/C21H18BrCl2N3O/c1-12-13(2)27-20(25-12)26(18-9-16(23)8-17(24)10-18)19(28)21(27,3)11-14-4-6-15(22)7-5-14/h4-10H,11H2,1-3H3/t21-/m1/s1. The number of hydrogen-bond donors (Lipinski definition) is 0. The van der Waals surface area contributed by atoms with Gasteiger partial charge in [0.2, 0.25) is 5.95 Å². The molecule has 1 aliphatic heterocycles. The number of imidazole rings is 1. The number of carbonyl (C=O) groups is 1. The first-order valence-electron chi connectivity index (χ1n) is 8.82. The van der Waals surface area contributed by atoms with Crippen molar-refractivity contribution in [1.82, 2.24) is 9.55 Å². The Bertz CT molecular complexity index is 1070. The third-order valence-electron chi connectivity index (χ3n) is 5.25. The van der Waals surface area contributed by atoms with Crippen LogP contribution in [0.3, 0.4) is 0 Å². The maximum absolute atomic E-state index is 13.7. The lowest BCUT2D eigenvalue weighted by atomic mass is 9.91. The molecule has 3 aromatic rings. The molecule has 0 N–H and O–H groups in total. The van der Waals surface area contributed by atoms with E-state index in [-0.39, 0.29) is 5.91 Å². The predicted octanol–water partition coefficient (Wildman–Crippen LogP) is 6.21. The van der Waals surface area contributed by atoms with Gasteiger partial charge in [0.25, 0.3) is 5.91 Å². The molecule has 4 nitrogen and oxygen atoms in total. The zero-order valence-corrected chi connectivity index (χ0v) is 18.7. The second-order valence-corrected chi connectivity index (χ2v) is 9.05. The second-order valence-electron chi connectivity index (χ2n) is 7.26. The molecule has 0 saturated heterocycles. The van der Waals surface area contributed by atoms with Gasteiger partial charge in [-0.1, -0.05) is 51.3 Å². The summed E-state index contributed by atoms with van der Waals surface area (Å²) in [5, 5.41) is 0.951. The third-order valence-corrected chi connectivity index (χ3v) is 6.22. The Morgan fingerprint density at radius 1 is 1.07 bits per heavy atom. The first-order valence-corrected chi connectivity index (χ1v) is 10.4. The molecular formula is C21H18BrCl2N3O. The molecule has 7 heteroatoms. The van der Waals surface area contributed by atoms with E-state index in [0.29, 0.717) is 28.1 Å². The number of nitrogens with zero attached hydrogens (tertiary/aromatic N) is 3. The number of anilines is 2. The summed E-state index contributed by atoms with van der Waals surface area (Å²) in [6.45, 7) is 5.91. The fourth-order valence-electron chi connectivity index (χ4n) is 3.82. The topological polar surface area (TPSA) is 38.1 Å². The highest BCUT2D eigenvalue weighted by Gasteiger charge is 2.50. The Morgan fingerprint density at radius 2 is 1.68 bits per heavy atom. The van der Waals surface area contributed by atoms with Crippen LogP contribution in [0, 0.1) is 13.8 Å². The van der Waals surface area contributed by atoms with Crippen molar-refractivity contribution in [3.05, 3.63) is 73.9 Å². The van der Waals surface area contributed by atoms with Crippen molar-refractivity contribution in [2.24, 2.45) is 0 Å². The molecule has 1 atom stereocenters. The van der Waals surface area contributed by atoms with Gasteiger partial charge in [0.1, 0.15) is 5.54 Å². The van der Waals surface area contributed by atoms with Crippen molar-refractivity contribution in [3.63, 3.8) is 0 Å². The summed E-state index contributed by atoms with van der Waals surface area (Å²) < 4.78 is 3.03. The average Bonchev–Trinajstić information content (AvgIpc) is 3.01. The molecule has 0 unspecified atom stereocenters. The van der Waals surface area contributed by atoms with Crippen molar-refractivity contribution in [2.75, 3.05) is 4.90 Å². The number of rotatable bonds is 3. The molecule has 144 valence electrons. The van der Waals surface area contributed by atoms with E-state index < -0.39 is 5.54 Å². The fraction of sp³-hybridized carbons (Fsp3) is 0.238. The molecular weight excluding hydrogens is 461 g/mol. The highest BCUT2D eigenvalue weighted by molar-refractivity contribution is 9.10. The normalized spacial score (nSPS) is 18.6. The molecule has 1 aromatic heterocycles. The summed E-state index contributed by atoms with van der Waals surface area (Å²) in [7, 11) is 0. The van der Waals surface area contributed by atoms with Gasteiger partial charge in [0.05, 0.1) is 11.4 Å². The number of halogens is 3. The number of benzene rings is 2. The summed E-state index contributed by atoms with van der Waals surface area (Å²) in [5.41, 5.74) is 2.75. The van der Waals surface area contributed by atoms with E-state index in [1.165, 1.54) is 0 Å². The van der Waals surface area contributed by atoms with Gasteiger partial charge in [0, 0.05) is 26.6 Å². The fourth-order valence-corrected chi connectivity index (χ4v) is 4.60. The van der Waals surface area contributed by atoms with Crippen LogP contribution in [0.15, 0.2) is 46.9 Å². The maximum Gasteiger partial charge on any atom is 0.260 e. The zero-order chi connectivity index (χ0) is 20.2. The number of carbonyl (C=O) groups excluding carboxylic acids is 1. The van der Waals surface area contributed by atoms with E-state index >= 15 is 0 Å². The summed E-state index contributed by atoms with van der Waals surface area (Å²) in [6, 6.07) is 13.2. The van der Waals surface area contributed by atoms with Crippen LogP contribution in [0.25, 0.3) is 0 Å². The minimum absolute atomic E-state index is 0.0562. The van der Waals surface area contributed by atoms with Gasteiger partial charge < -0.3 is 0 Å². The minimum Gasteiger partial charge on any atom is -0.299 e. The van der Waals surface area contributed by atoms with Crippen LogP contribution >= 0.6 is 39.1 Å². The molecule has 0 aliphatic carbocycles. The summed E-state index contributed by atoms with van der Waals surface area (Å²) >= 11 is 15.9. The van der Waals surface area contributed by atoms with Crippen LogP contribution in [0.1, 0.15) is 23.9 Å². The van der Waals surface area contributed by atoms with Crippen LogP contribution in [0.2, 0.25) is 10.0 Å². The lowest BCUT2D eigenvalue weighted by Crippen LogP contribution is -2.41. The molecule has 0 bridgehead atoms. The number of aryl methyl sites for hydroxylation is 1. The second kappa shape index (κ2) is 6.90. The van der Waals surface area contributed by atoms with Crippen molar-refractivity contribution >= 4 is 56.7 Å². The van der Waals surface area contributed by atoms with Crippen LogP contribution in [0.5, 0.6) is 0 Å². The molecule has 0 fully saturated rings. The van der Waals surface area contributed by atoms with E-state index in [1.807, 2.05) is 49.6 Å². The third kappa shape index (κ3) is 3.06. The van der Waals surface area contributed by atoms with E-state index in [0.717, 1.165) is 21.4 Å². The summed E-state index contributed by atoms with van der Waals surface area (Å²) in [5.74, 6) is 0.539. The number of hydrogen-bond acceptors (Lipinski definition) is 2. The summed E-state index contributed by atoms with van der Waals surface area (Å²) in [4.78, 5) is 20.0. The van der Waals surface area contributed by atoms with E-state index in [9.17, 15) is 4.79 Å². The van der Waals surface area contributed by atoms with E-state index in [1.54, 1.807) is 23.1 Å². The Morgan fingerprint density at radius 3 is 2.29 bits per heavy atom. The predicted molar refractivity (Wildman–Crippen MR) is 117 cm³/mol. The van der Waals surface area contributed by atoms with Crippen LogP contribution in [-0.4, -0.2) is 15.5 Å². The Balaban J connectivity index is 1.87. The minimum atomic E-state index is -0.802. The van der Waals surface area contributed by atoms with E-state index in [4.69, 9.17) is 23.2 Å². The first-order chi connectivity index (χ1) is 13.2. The van der Waals surface area contributed by atoms with Crippen LogP contribution in [0.4, 0.5) is 11.6 Å². The van der Waals surface area contributed by atoms with Crippen molar-refractivity contribution in [3.8, 4) is 0 Å². The van der Waals surface area contributed by atoms with Crippen LogP contribution in [-0.2, 0) is 16.8 Å². The van der Waals surface area contributed by atoms with Gasteiger partial charge >= 0.3 is 0 Å². The molecule has 28 heavy (non-hydrogen) atoms. The van der Waals surface area contributed by atoms with Gasteiger partial charge in [-0.05, 0) is 56.7 Å². The van der Waals surface area contributed by atoms with Gasteiger partial charge in [-0.2, -0.15) is 0 Å². The molecule has 0 radical (unpaired) electrons. The Hall–Kier alpha value is -1.82. The van der Waals surface area contributed by atoms with Gasteiger partial charge in [-0.3, -0.25) is 9.36 Å². The SMILES string of the molecule is Cc1nc2n(c1C)[C@](C)(Cc1ccc(Br)cc1)C(=O)N2c1cc(Cl)cc(Cl)c1. The lowest BCUT2D eigenvalue weighted by molar-refractivity contribution is -0.124. The van der Waals surface area contributed by atoms with E-state index in [2.05, 4.69) is 20.9 Å². The molecule has 0 saturated carbocycles. The van der Waals surface area contributed by atoms with Gasteiger partial charge in [0.15, 0.2) is 0 Å². The van der Waals surface area contributed by atoms with Crippen molar-refractivity contribution < 1.29 is 4.79 Å². The highest BCUT2D eigenvalue weighted by atomic mass is 79.9. The molecule has 4 rings (SSSR count). The highest BCUT2D eigenvalue weighted by Crippen LogP contribution is 2.44. The summed E-state index contributed by atoms with van der Waals surface area (Å²) in [6.07, 6.45) is 0.549.